The van der Waals surface area contributed by atoms with Crippen LogP contribution in [0.25, 0.3) is 0 Å². The van der Waals surface area contributed by atoms with Crippen molar-refractivity contribution < 1.29 is 13.3 Å². The van der Waals surface area contributed by atoms with Gasteiger partial charge >= 0.3 is 9.53 Å². The molecule has 0 aromatic carbocycles. The second kappa shape index (κ2) is 12.2. The van der Waals surface area contributed by atoms with Gasteiger partial charge in [0.1, 0.15) is 0 Å². The first-order valence-corrected chi connectivity index (χ1v) is 7.35. The Bertz CT molecular complexity index is 88.9. The molecule has 0 spiro atoms. The molecule has 0 heterocycles. The van der Waals surface area contributed by atoms with Crippen molar-refractivity contribution in [1.29, 1.82) is 0 Å². The zero-order valence-corrected chi connectivity index (χ0v) is 11.6. The molecule has 1 aliphatic carbocycles. The second-order valence-corrected chi connectivity index (χ2v) is 5.82. The zero-order valence-electron chi connectivity index (χ0n) is 10.5. The average Bonchev–Trinajstić information content (AvgIpc) is 2.20. The highest BCUT2D eigenvalue weighted by Gasteiger charge is 2.04. The molecule has 0 bridgehead atoms. The minimum atomic E-state index is -1.67. The van der Waals surface area contributed by atoms with Crippen molar-refractivity contribution in [3.63, 3.8) is 0 Å². The lowest BCUT2D eigenvalue weighted by molar-refractivity contribution is 0.163. The number of hydrogen-bond donors (Lipinski definition) is 0. The maximum Gasteiger partial charge on any atom is 0.483 e. The van der Waals surface area contributed by atoms with Crippen LogP contribution >= 0.6 is 0 Å². The van der Waals surface area contributed by atoms with Crippen LogP contribution in [0.1, 0.15) is 51.4 Å². The second-order valence-electron chi connectivity index (χ2n) is 3.82. The predicted octanol–water partition coefficient (Wildman–Crippen LogP) is 2.76. The molecule has 1 fully saturated rings. The third-order valence-corrected chi connectivity index (χ3v) is 3.73. The maximum atomic E-state index is 4.74. The van der Waals surface area contributed by atoms with Crippen LogP contribution in [0, 0.1) is 0 Å². The van der Waals surface area contributed by atoms with Gasteiger partial charge in [0.2, 0.25) is 0 Å². The van der Waals surface area contributed by atoms with Gasteiger partial charge in [-0.3, -0.25) is 0 Å². The van der Waals surface area contributed by atoms with Crippen LogP contribution in [0.4, 0.5) is 0 Å². The molecule has 0 N–H and O–H groups in total. The molecule has 1 aliphatic rings. The first kappa shape index (κ1) is 15.1. The molecule has 92 valence electrons. The summed E-state index contributed by atoms with van der Waals surface area (Å²) in [5, 5.41) is 0. The van der Waals surface area contributed by atoms with Crippen LogP contribution in [-0.2, 0) is 13.3 Å². The SMILES string of the molecule is C1CCCCCCC1.CO[SiH](OC)OC. The van der Waals surface area contributed by atoms with Gasteiger partial charge in [-0.1, -0.05) is 51.4 Å². The lowest BCUT2D eigenvalue weighted by Crippen LogP contribution is -2.21. The van der Waals surface area contributed by atoms with Gasteiger partial charge in [-0.15, -0.1) is 0 Å². The monoisotopic (exact) mass is 234 g/mol. The van der Waals surface area contributed by atoms with Crippen LogP contribution in [-0.4, -0.2) is 30.9 Å². The van der Waals surface area contributed by atoms with Crippen LogP contribution in [0.15, 0.2) is 0 Å². The lowest BCUT2D eigenvalue weighted by atomic mass is 10.0. The molecular weight excluding hydrogens is 208 g/mol. The van der Waals surface area contributed by atoms with Gasteiger partial charge in [-0.2, -0.15) is 0 Å². The van der Waals surface area contributed by atoms with E-state index >= 15 is 0 Å². The van der Waals surface area contributed by atoms with E-state index in [1.807, 2.05) is 0 Å². The molecule has 0 amide bonds. The van der Waals surface area contributed by atoms with Gasteiger partial charge in [0.15, 0.2) is 0 Å². The van der Waals surface area contributed by atoms with E-state index in [1.165, 1.54) is 51.4 Å². The Hall–Kier alpha value is 0.0969. The van der Waals surface area contributed by atoms with Gasteiger partial charge in [0.05, 0.1) is 0 Å². The van der Waals surface area contributed by atoms with Gasteiger partial charge < -0.3 is 13.3 Å². The number of hydrogen-bond acceptors (Lipinski definition) is 3. The third-order valence-electron chi connectivity index (χ3n) is 2.58. The van der Waals surface area contributed by atoms with E-state index in [-0.39, 0.29) is 0 Å². The van der Waals surface area contributed by atoms with Gasteiger partial charge in [-0.05, 0) is 0 Å². The fraction of sp³-hybridized carbons (Fsp3) is 1.00. The maximum absolute atomic E-state index is 4.74. The fourth-order valence-electron chi connectivity index (χ4n) is 1.70. The summed E-state index contributed by atoms with van der Waals surface area (Å²) in [4.78, 5) is 0. The first-order chi connectivity index (χ1) is 7.35. The summed E-state index contributed by atoms with van der Waals surface area (Å²) in [6.07, 6.45) is 12.0. The predicted molar refractivity (Wildman–Crippen MR) is 65.1 cm³/mol. The van der Waals surface area contributed by atoms with Crippen molar-refractivity contribution in [3.05, 3.63) is 0 Å². The minimum Gasteiger partial charge on any atom is -0.379 e. The van der Waals surface area contributed by atoms with E-state index in [1.54, 1.807) is 21.3 Å². The van der Waals surface area contributed by atoms with Crippen LogP contribution in [0.2, 0.25) is 0 Å². The third kappa shape index (κ3) is 10.4. The smallest absolute Gasteiger partial charge is 0.379 e. The van der Waals surface area contributed by atoms with E-state index in [4.69, 9.17) is 13.3 Å². The Morgan fingerprint density at radius 2 is 0.733 bits per heavy atom. The molecule has 15 heavy (non-hydrogen) atoms. The zero-order chi connectivity index (χ0) is 11.4. The molecule has 0 saturated heterocycles. The first-order valence-electron chi connectivity index (χ1n) is 5.93. The van der Waals surface area contributed by atoms with Crippen molar-refractivity contribution in [1.82, 2.24) is 0 Å². The van der Waals surface area contributed by atoms with Crippen LogP contribution in [0.5, 0.6) is 0 Å². The molecule has 0 aromatic heterocycles. The average molecular weight is 234 g/mol. The van der Waals surface area contributed by atoms with E-state index in [0.717, 1.165) is 0 Å². The van der Waals surface area contributed by atoms with E-state index in [0.29, 0.717) is 0 Å². The Morgan fingerprint density at radius 3 is 0.800 bits per heavy atom. The summed E-state index contributed by atoms with van der Waals surface area (Å²) in [7, 11) is 3.05. The van der Waals surface area contributed by atoms with Crippen LogP contribution < -0.4 is 0 Å². The summed E-state index contributed by atoms with van der Waals surface area (Å²) >= 11 is 0. The molecule has 0 aromatic rings. The standard InChI is InChI=1S/C8H16.C3H10O3Si/c1-2-4-6-8-7-5-3-1;1-4-7(5-2)6-3/h1-8H2;7H,1-3H3. The largest absolute Gasteiger partial charge is 0.483 e. The molecule has 4 heteroatoms. The van der Waals surface area contributed by atoms with Crippen molar-refractivity contribution in [3.8, 4) is 0 Å². The Balaban J connectivity index is 0.000000265. The summed E-state index contributed by atoms with van der Waals surface area (Å²) in [6, 6.07) is 0. The minimum absolute atomic E-state index is 1.50. The normalized spacial score (nSPS) is 17.6. The highest BCUT2D eigenvalue weighted by atomic mass is 28.3. The van der Waals surface area contributed by atoms with Crippen molar-refractivity contribution in [2.45, 2.75) is 51.4 Å². The summed E-state index contributed by atoms with van der Waals surface area (Å²) in [5.74, 6) is 0. The van der Waals surface area contributed by atoms with E-state index in [9.17, 15) is 0 Å². The molecule has 0 atom stereocenters. The van der Waals surface area contributed by atoms with Gasteiger partial charge in [0.25, 0.3) is 0 Å². The summed E-state index contributed by atoms with van der Waals surface area (Å²) in [5.41, 5.74) is 0. The topological polar surface area (TPSA) is 27.7 Å². The molecule has 1 saturated carbocycles. The number of rotatable bonds is 3. The van der Waals surface area contributed by atoms with Gasteiger partial charge in [-0.25, -0.2) is 0 Å². The highest BCUT2D eigenvalue weighted by Crippen LogP contribution is 2.15. The molecular formula is C11H26O3Si. The van der Waals surface area contributed by atoms with Crippen molar-refractivity contribution >= 4 is 9.53 Å². The van der Waals surface area contributed by atoms with Gasteiger partial charge in [0, 0.05) is 21.3 Å². The molecule has 3 nitrogen and oxygen atoms in total. The molecule has 0 unspecified atom stereocenters. The fourth-order valence-corrected chi connectivity index (χ4v) is 2.28. The van der Waals surface area contributed by atoms with Crippen LogP contribution in [0.3, 0.4) is 0 Å². The quantitative estimate of drug-likeness (QED) is 0.703. The lowest BCUT2D eigenvalue weighted by Gasteiger charge is -2.05. The van der Waals surface area contributed by atoms with E-state index < -0.39 is 9.53 Å². The Labute approximate surface area is 96.1 Å². The highest BCUT2D eigenvalue weighted by molar-refractivity contribution is 6.36. The Kier molecular flexibility index (Phi) is 12.2. The summed E-state index contributed by atoms with van der Waals surface area (Å²) in [6.45, 7) is 0. The van der Waals surface area contributed by atoms with Crippen molar-refractivity contribution in [2.75, 3.05) is 21.3 Å². The summed E-state index contributed by atoms with van der Waals surface area (Å²) < 4.78 is 14.2. The van der Waals surface area contributed by atoms with E-state index in [2.05, 4.69) is 0 Å². The molecule has 0 radical (unpaired) electrons. The van der Waals surface area contributed by atoms with Crippen molar-refractivity contribution in [2.24, 2.45) is 0 Å². The Morgan fingerprint density at radius 1 is 0.533 bits per heavy atom. The molecule has 0 aliphatic heterocycles. The molecule has 1 rings (SSSR count).